The molecular weight excluding hydrogens is 176 g/mol. The van der Waals surface area contributed by atoms with Crippen LogP contribution in [0.1, 0.15) is 18.4 Å². The molecule has 0 aromatic heterocycles. The molecule has 0 saturated carbocycles. The van der Waals surface area contributed by atoms with Crippen molar-refractivity contribution < 1.29 is 9.53 Å². The number of rotatable bonds is 3. The van der Waals surface area contributed by atoms with Crippen LogP contribution in [0.3, 0.4) is 0 Å². The summed E-state index contributed by atoms with van der Waals surface area (Å²) in [7, 11) is 0. The zero-order valence-corrected chi connectivity index (χ0v) is 8.07. The Kier molecular flexibility index (Phi) is 3.75. The van der Waals surface area contributed by atoms with Gasteiger partial charge in [0.05, 0.1) is 5.92 Å². The monoisotopic (exact) mass is 188 g/mol. The van der Waals surface area contributed by atoms with Crippen molar-refractivity contribution in [3.05, 3.63) is 35.9 Å². The maximum atomic E-state index is 11.4. The van der Waals surface area contributed by atoms with Crippen molar-refractivity contribution in [2.45, 2.75) is 12.8 Å². The summed E-state index contributed by atoms with van der Waals surface area (Å²) < 4.78 is 4.83. The number of terminal acetylenes is 1. The molecule has 0 bridgehead atoms. The fourth-order valence-electron chi connectivity index (χ4n) is 1.12. The molecule has 0 saturated heterocycles. The van der Waals surface area contributed by atoms with Crippen LogP contribution < -0.4 is 0 Å². The highest BCUT2D eigenvalue weighted by Crippen LogP contribution is 2.15. The van der Waals surface area contributed by atoms with Crippen LogP contribution in [0, 0.1) is 12.3 Å². The van der Waals surface area contributed by atoms with Crippen LogP contribution in [-0.4, -0.2) is 12.6 Å². The van der Waals surface area contributed by atoms with Crippen LogP contribution in [0.5, 0.6) is 0 Å². The van der Waals surface area contributed by atoms with E-state index in [4.69, 9.17) is 11.2 Å². The van der Waals surface area contributed by atoms with E-state index < -0.39 is 0 Å². The summed E-state index contributed by atoms with van der Waals surface area (Å²) >= 11 is 0. The van der Waals surface area contributed by atoms with E-state index in [1.165, 1.54) is 0 Å². The number of ether oxygens (including phenoxy) is 1. The summed E-state index contributed by atoms with van der Waals surface area (Å²) in [6, 6.07) is 9.47. The first-order valence-electron chi connectivity index (χ1n) is 4.40. The molecular formula is C12H12O2. The van der Waals surface area contributed by atoms with Gasteiger partial charge in [-0.15, -0.1) is 6.42 Å². The minimum absolute atomic E-state index is 0.0377. The van der Waals surface area contributed by atoms with Crippen LogP contribution in [0.2, 0.25) is 0 Å². The molecule has 14 heavy (non-hydrogen) atoms. The topological polar surface area (TPSA) is 26.3 Å². The van der Waals surface area contributed by atoms with Gasteiger partial charge in [-0.3, -0.25) is 4.79 Å². The predicted molar refractivity (Wildman–Crippen MR) is 54.6 cm³/mol. The molecule has 1 atom stereocenters. The van der Waals surface area contributed by atoms with Gasteiger partial charge in [-0.1, -0.05) is 36.3 Å². The van der Waals surface area contributed by atoms with Gasteiger partial charge in [0, 0.05) is 0 Å². The third-order valence-electron chi connectivity index (χ3n) is 1.95. The number of benzene rings is 1. The summed E-state index contributed by atoms with van der Waals surface area (Å²) in [6.45, 7) is 1.84. The Labute approximate surface area is 83.9 Å². The Morgan fingerprint density at radius 3 is 2.71 bits per heavy atom. The Bertz CT molecular complexity index is 335. The SMILES string of the molecule is C#CCOC(=O)C(C)c1ccccc1. The highest BCUT2D eigenvalue weighted by Gasteiger charge is 2.15. The molecule has 0 amide bonds. The van der Waals surface area contributed by atoms with Gasteiger partial charge in [0.25, 0.3) is 0 Å². The van der Waals surface area contributed by atoms with E-state index in [-0.39, 0.29) is 18.5 Å². The molecule has 0 spiro atoms. The molecule has 2 heteroatoms. The lowest BCUT2D eigenvalue weighted by molar-refractivity contribution is -0.143. The van der Waals surface area contributed by atoms with Crippen LogP contribution in [-0.2, 0) is 9.53 Å². The second-order valence-corrected chi connectivity index (χ2v) is 2.94. The van der Waals surface area contributed by atoms with E-state index >= 15 is 0 Å². The van der Waals surface area contributed by atoms with Crippen LogP contribution in [0.4, 0.5) is 0 Å². The zero-order chi connectivity index (χ0) is 10.4. The Morgan fingerprint density at radius 1 is 1.50 bits per heavy atom. The lowest BCUT2D eigenvalue weighted by Gasteiger charge is -2.09. The Hall–Kier alpha value is -1.75. The van der Waals surface area contributed by atoms with Crippen molar-refractivity contribution in [1.29, 1.82) is 0 Å². The average molecular weight is 188 g/mol. The number of hydrogen-bond donors (Lipinski definition) is 0. The van der Waals surface area contributed by atoms with Gasteiger partial charge < -0.3 is 4.74 Å². The number of hydrogen-bond acceptors (Lipinski definition) is 2. The summed E-state index contributed by atoms with van der Waals surface area (Å²) in [5.74, 6) is 1.72. The minimum atomic E-state index is -0.283. The van der Waals surface area contributed by atoms with E-state index in [1.807, 2.05) is 30.3 Å². The van der Waals surface area contributed by atoms with E-state index in [1.54, 1.807) is 6.92 Å². The van der Waals surface area contributed by atoms with E-state index in [0.717, 1.165) is 5.56 Å². The second-order valence-electron chi connectivity index (χ2n) is 2.94. The molecule has 0 fully saturated rings. The standard InChI is InChI=1S/C12H12O2/c1-3-9-14-12(13)10(2)11-7-5-4-6-8-11/h1,4-8,10H,9H2,2H3. The maximum absolute atomic E-state index is 11.4. The van der Waals surface area contributed by atoms with Gasteiger partial charge in [0.15, 0.2) is 6.61 Å². The smallest absolute Gasteiger partial charge is 0.314 e. The number of carbonyl (C=O) groups excluding carboxylic acids is 1. The predicted octanol–water partition coefficient (Wildman–Crippen LogP) is 1.97. The molecule has 0 aliphatic carbocycles. The van der Waals surface area contributed by atoms with Gasteiger partial charge in [0.2, 0.25) is 0 Å². The quantitative estimate of drug-likeness (QED) is 0.535. The van der Waals surface area contributed by atoms with E-state index in [9.17, 15) is 4.79 Å². The highest BCUT2D eigenvalue weighted by molar-refractivity contribution is 5.77. The van der Waals surface area contributed by atoms with Gasteiger partial charge in [-0.25, -0.2) is 0 Å². The molecule has 2 nitrogen and oxygen atoms in total. The lowest BCUT2D eigenvalue weighted by Crippen LogP contribution is -2.13. The second kappa shape index (κ2) is 5.08. The number of esters is 1. The normalized spacial score (nSPS) is 11.4. The molecule has 0 aliphatic rings. The molecule has 1 aromatic carbocycles. The lowest BCUT2D eigenvalue weighted by atomic mass is 10.0. The van der Waals surface area contributed by atoms with Crippen molar-refractivity contribution in [3.8, 4) is 12.3 Å². The molecule has 0 radical (unpaired) electrons. The van der Waals surface area contributed by atoms with E-state index in [0.29, 0.717) is 0 Å². The largest absolute Gasteiger partial charge is 0.452 e. The zero-order valence-electron chi connectivity index (χ0n) is 8.07. The first-order chi connectivity index (χ1) is 6.75. The fourth-order valence-corrected chi connectivity index (χ4v) is 1.12. The van der Waals surface area contributed by atoms with Gasteiger partial charge in [-0.05, 0) is 12.5 Å². The third-order valence-corrected chi connectivity index (χ3v) is 1.95. The summed E-state index contributed by atoms with van der Waals surface area (Å²) in [5, 5.41) is 0. The summed E-state index contributed by atoms with van der Waals surface area (Å²) in [4.78, 5) is 11.4. The molecule has 1 aromatic rings. The van der Waals surface area contributed by atoms with Crippen LogP contribution in [0.25, 0.3) is 0 Å². The number of carbonyl (C=O) groups is 1. The molecule has 0 N–H and O–H groups in total. The molecule has 1 rings (SSSR count). The first kappa shape index (κ1) is 10.3. The van der Waals surface area contributed by atoms with Crippen LogP contribution >= 0.6 is 0 Å². The van der Waals surface area contributed by atoms with Gasteiger partial charge >= 0.3 is 5.97 Å². The van der Waals surface area contributed by atoms with Crippen molar-refractivity contribution in [2.75, 3.05) is 6.61 Å². The summed E-state index contributed by atoms with van der Waals surface area (Å²) in [5.41, 5.74) is 0.939. The van der Waals surface area contributed by atoms with Crippen LogP contribution in [0.15, 0.2) is 30.3 Å². The molecule has 72 valence electrons. The van der Waals surface area contributed by atoms with Gasteiger partial charge in [0.1, 0.15) is 0 Å². The Balaban J connectivity index is 2.62. The van der Waals surface area contributed by atoms with Crippen molar-refractivity contribution in [2.24, 2.45) is 0 Å². The van der Waals surface area contributed by atoms with Gasteiger partial charge in [-0.2, -0.15) is 0 Å². The summed E-state index contributed by atoms with van der Waals surface area (Å²) in [6.07, 6.45) is 4.99. The van der Waals surface area contributed by atoms with Crippen molar-refractivity contribution in [1.82, 2.24) is 0 Å². The van der Waals surface area contributed by atoms with Crippen molar-refractivity contribution in [3.63, 3.8) is 0 Å². The maximum Gasteiger partial charge on any atom is 0.314 e. The Morgan fingerprint density at radius 2 is 2.14 bits per heavy atom. The van der Waals surface area contributed by atoms with E-state index in [2.05, 4.69) is 5.92 Å². The molecule has 0 aliphatic heterocycles. The van der Waals surface area contributed by atoms with Crippen molar-refractivity contribution >= 4 is 5.97 Å². The fraction of sp³-hybridized carbons (Fsp3) is 0.250. The minimum Gasteiger partial charge on any atom is -0.452 e. The first-order valence-corrected chi connectivity index (χ1v) is 4.40. The highest BCUT2D eigenvalue weighted by atomic mass is 16.5. The molecule has 1 unspecified atom stereocenters. The molecule has 0 heterocycles. The third kappa shape index (κ3) is 2.63. The average Bonchev–Trinajstić information content (AvgIpc) is 2.26.